The molecule has 11 heavy (non-hydrogen) atoms. The number of azo groups is 2. The maximum Gasteiger partial charge on any atom is 0.185 e. The first-order valence-electron chi connectivity index (χ1n) is 3.80. The van der Waals surface area contributed by atoms with Crippen molar-refractivity contribution < 1.29 is 0 Å². The number of nitrogens with zero attached hydrogens (tertiary/aromatic N) is 4. The Morgan fingerprint density at radius 1 is 0.909 bits per heavy atom. The molecule has 1 heterocycles. The van der Waals surface area contributed by atoms with E-state index in [-0.39, 0.29) is 17.7 Å². The quantitative estimate of drug-likeness (QED) is 0.515. The number of rotatable bonds is 0. The number of hydrogen-bond acceptors (Lipinski definition) is 4. The highest BCUT2D eigenvalue weighted by Crippen LogP contribution is 2.26. The van der Waals surface area contributed by atoms with Gasteiger partial charge in [0.25, 0.3) is 0 Å². The average molecular weight is 154 g/mol. The first-order chi connectivity index (χ1) is 5.00. The molecule has 0 aromatic carbocycles. The third-order valence-corrected chi connectivity index (χ3v) is 1.46. The van der Waals surface area contributed by atoms with Crippen LogP contribution < -0.4 is 0 Å². The van der Waals surface area contributed by atoms with Gasteiger partial charge < -0.3 is 0 Å². The van der Waals surface area contributed by atoms with Crippen molar-refractivity contribution in [3.05, 3.63) is 0 Å². The van der Waals surface area contributed by atoms with E-state index < -0.39 is 0 Å². The summed E-state index contributed by atoms with van der Waals surface area (Å²) in [6, 6.07) is 0. The third kappa shape index (κ3) is 2.06. The van der Waals surface area contributed by atoms with Crippen molar-refractivity contribution in [2.75, 3.05) is 0 Å². The molecule has 0 saturated heterocycles. The lowest BCUT2D eigenvalue weighted by Crippen LogP contribution is -2.23. The fourth-order valence-corrected chi connectivity index (χ4v) is 0.712. The van der Waals surface area contributed by atoms with Crippen molar-refractivity contribution in [3.8, 4) is 0 Å². The van der Waals surface area contributed by atoms with Crippen LogP contribution in [-0.2, 0) is 0 Å². The summed E-state index contributed by atoms with van der Waals surface area (Å²) in [6.45, 7) is 8.09. The van der Waals surface area contributed by atoms with Crippen LogP contribution in [0.15, 0.2) is 20.5 Å². The van der Waals surface area contributed by atoms with Crippen molar-refractivity contribution in [1.29, 1.82) is 0 Å². The van der Waals surface area contributed by atoms with E-state index in [0.29, 0.717) is 0 Å². The Labute approximate surface area is 66.8 Å². The summed E-state index contributed by atoms with van der Waals surface area (Å²) in [5.41, 5.74) is 0.0349. The average Bonchev–Trinajstić information content (AvgIpc) is 1.86. The van der Waals surface area contributed by atoms with Crippen LogP contribution in [0, 0.1) is 5.41 Å². The van der Waals surface area contributed by atoms with Gasteiger partial charge in [0.15, 0.2) is 12.3 Å². The molecule has 0 aliphatic carbocycles. The summed E-state index contributed by atoms with van der Waals surface area (Å²) in [4.78, 5) is 0. The fourth-order valence-electron chi connectivity index (χ4n) is 0.712. The van der Waals surface area contributed by atoms with E-state index in [1.54, 1.807) is 0 Å². The van der Waals surface area contributed by atoms with E-state index in [4.69, 9.17) is 0 Å². The molecule has 0 fully saturated rings. The van der Waals surface area contributed by atoms with Crippen LogP contribution in [0.3, 0.4) is 0 Å². The molecule has 0 N–H and O–H groups in total. The Morgan fingerprint density at radius 3 is 1.73 bits per heavy atom. The molecule has 0 spiro atoms. The van der Waals surface area contributed by atoms with E-state index in [9.17, 15) is 0 Å². The van der Waals surface area contributed by atoms with Crippen molar-refractivity contribution in [1.82, 2.24) is 0 Å². The second kappa shape index (κ2) is 2.68. The highest BCUT2D eigenvalue weighted by atomic mass is 15.4. The second-order valence-electron chi connectivity index (χ2n) is 3.83. The third-order valence-electron chi connectivity index (χ3n) is 1.46. The zero-order valence-corrected chi connectivity index (χ0v) is 7.44. The molecular formula is C7H14N4. The minimum absolute atomic E-state index is 0.0349. The van der Waals surface area contributed by atoms with Crippen LogP contribution in [0.1, 0.15) is 27.7 Å². The van der Waals surface area contributed by atoms with E-state index in [1.165, 1.54) is 0 Å². The lowest BCUT2D eigenvalue weighted by molar-refractivity contribution is 0.290. The molecule has 1 rings (SSSR count). The summed E-state index contributed by atoms with van der Waals surface area (Å²) in [5, 5.41) is 16.0. The zero-order valence-electron chi connectivity index (χ0n) is 7.44. The van der Waals surface area contributed by atoms with E-state index in [2.05, 4.69) is 41.2 Å². The van der Waals surface area contributed by atoms with Crippen LogP contribution in [0.2, 0.25) is 0 Å². The molecule has 1 aliphatic rings. The van der Waals surface area contributed by atoms with Gasteiger partial charge in [-0.3, -0.25) is 0 Å². The second-order valence-corrected chi connectivity index (χ2v) is 3.83. The first kappa shape index (κ1) is 8.30. The molecule has 0 radical (unpaired) electrons. The van der Waals surface area contributed by atoms with Crippen LogP contribution in [0.5, 0.6) is 0 Å². The molecule has 0 aromatic rings. The molecule has 0 atom stereocenters. The van der Waals surface area contributed by atoms with Gasteiger partial charge in [-0.05, 0) is 6.92 Å². The molecule has 0 bridgehead atoms. The molecule has 4 nitrogen and oxygen atoms in total. The van der Waals surface area contributed by atoms with Gasteiger partial charge in [-0.25, -0.2) is 0 Å². The lowest BCUT2D eigenvalue weighted by Gasteiger charge is -2.23. The van der Waals surface area contributed by atoms with Gasteiger partial charge in [-0.1, -0.05) is 20.8 Å². The van der Waals surface area contributed by atoms with Crippen LogP contribution in [-0.4, -0.2) is 12.3 Å². The lowest BCUT2D eigenvalue weighted by atomic mass is 9.93. The predicted molar refractivity (Wildman–Crippen MR) is 42.4 cm³/mol. The molecule has 0 aromatic heterocycles. The van der Waals surface area contributed by atoms with E-state index in [1.807, 2.05) is 6.92 Å². The highest BCUT2D eigenvalue weighted by molar-refractivity contribution is 4.78. The van der Waals surface area contributed by atoms with Crippen LogP contribution in [0.4, 0.5) is 0 Å². The van der Waals surface area contributed by atoms with Crippen LogP contribution >= 0.6 is 0 Å². The van der Waals surface area contributed by atoms with Crippen molar-refractivity contribution in [2.45, 2.75) is 40.0 Å². The topological polar surface area (TPSA) is 49.4 Å². The van der Waals surface area contributed by atoms with Gasteiger partial charge >= 0.3 is 0 Å². The molecule has 62 valence electrons. The molecule has 0 saturated carbocycles. The Morgan fingerprint density at radius 2 is 1.36 bits per heavy atom. The van der Waals surface area contributed by atoms with Gasteiger partial charge in [-0.15, -0.1) is 0 Å². The Balaban J connectivity index is 2.66. The van der Waals surface area contributed by atoms with Gasteiger partial charge in [-0.2, -0.15) is 20.5 Å². The largest absolute Gasteiger partial charge is 0.185 e. The fraction of sp³-hybridized carbons (Fsp3) is 1.00. The summed E-state index contributed by atoms with van der Waals surface area (Å²) in [7, 11) is 0. The van der Waals surface area contributed by atoms with Crippen molar-refractivity contribution in [2.24, 2.45) is 25.9 Å². The normalized spacial score (nSPS) is 30.9. The molecule has 0 amide bonds. The Bertz CT molecular complexity index is 175. The van der Waals surface area contributed by atoms with Crippen molar-refractivity contribution >= 4 is 0 Å². The maximum atomic E-state index is 4.05. The van der Waals surface area contributed by atoms with E-state index >= 15 is 0 Å². The van der Waals surface area contributed by atoms with E-state index in [0.717, 1.165) is 0 Å². The van der Waals surface area contributed by atoms with Gasteiger partial charge in [0.1, 0.15) is 0 Å². The van der Waals surface area contributed by atoms with Gasteiger partial charge in [0.05, 0.1) is 0 Å². The SMILES string of the molecule is CC1N=NC(C(C)(C)C)N=N1. The molecule has 0 unspecified atom stereocenters. The summed E-state index contributed by atoms with van der Waals surface area (Å²) < 4.78 is 0. The molecule has 4 heteroatoms. The standard InChI is InChI=1S/C7H14N4/c1-5-8-10-6(11-9-5)7(2,3)4/h5-6H,1-4H3. The zero-order chi connectivity index (χ0) is 8.48. The van der Waals surface area contributed by atoms with Gasteiger partial charge in [0.2, 0.25) is 0 Å². The number of hydrogen-bond donors (Lipinski definition) is 0. The van der Waals surface area contributed by atoms with Gasteiger partial charge in [0, 0.05) is 5.41 Å². The smallest absolute Gasteiger partial charge is 0.163 e. The predicted octanol–water partition coefficient (Wildman–Crippen LogP) is 2.62. The monoisotopic (exact) mass is 154 g/mol. The Kier molecular flexibility index (Phi) is 2.02. The molecule has 1 aliphatic heterocycles. The first-order valence-corrected chi connectivity index (χ1v) is 3.80. The summed E-state index contributed by atoms with van der Waals surface area (Å²) in [6.07, 6.45) is -0.188. The van der Waals surface area contributed by atoms with Crippen molar-refractivity contribution in [3.63, 3.8) is 0 Å². The van der Waals surface area contributed by atoms with Crippen LogP contribution in [0.25, 0.3) is 0 Å². The molecular weight excluding hydrogens is 140 g/mol. The summed E-state index contributed by atoms with van der Waals surface area (Å²) >= 11 is 0. The minimum Gasteiger partial charge on any atom is -0.163 e. The maximum absolute atomic E-state index is 4.05. The minimum atomic E-state index is -0.0984. The Hall–Kier alpha value is -0.800. The summed E-state index contributed by atoms with van der Waals surface area (Å²) in [5.74, 6) is 0. The highest BCUT2D eigenvalue weighted by Gasteiger charge is 2.26.